The summed E-state index contributed by atoms with van der Waals surface area (Å²) in [6.07, 6.45) is 1.78. The first kappa shape index (κ1) is 14.1. The molecular weight excluding hydrogens is 262 g/mol. The Morgan fingerprint density at radius 1 is 1.42 bits per heavy atom. The molecule has 1 aliphatic carbocycles. The molecule has 0 bridgehead atoms. The molecule has 0 spiro atoms. The summed E-state index contributed by atoms with van der Waals surface area (Å²) in [5.74, 6) is 5.80. The molecule has 1 aromatic rings. The van der Waals surface area contributed by atoms with E-state index in [0.717, 1.165) is 12.8 Å². The van der Waals surface area contributed by atoms with Crippen molar-refractivity contribution in [3.63, 3.8) is 0 Å². The van der Waals surface area contributed by atoms with Crippen molar-refractivity contribution < 1.29 is 13.5 Å². The minimum Gasteiger partial charge on any atom is -0.384 e. The normalized spacial score (nSPS) is 22.2. The Morgan fingerprint density at radius 3 is 2.79 bits per heavy atom. The van der Waals surface area contributed by atoms with Gasteiger partial charge in [-0.05, 0) is 37.0 Å². The van der Waals surface area contributed by atoms with E-state index in [-0.39, 0.29) is 17.5 Å². The summed E-state index contributed by atoms with van der Waals surface area (Å²) < 4.78 is 27.0. The minimum absolute atomic E-state index is 0.0483. The molecule has 1 saturated carbocycles. The van der Waals surface area contributed by atoms with Crippen molar-refractivity contribution in [2.45, 2.75) is 30.7 Å². The molecule has 5 heteroatoms. The molecule has 1 aliphatic rings. The Kier molecular flexibility index (Phi) is 4.25. The van der Waals surface area contributed by atoms with Crippen LogP contribution in [0.3, 0.4) is 0 Å². The van der Waals surface area contributed by atoms with Gasteiger partial charge in [0.1, 0.15) is 6.61 Å². The highest BCUT2D eigenvalue weighted by Crippen LogP contribution is 2.27. The fraction of sp³-hybridized carbons (Fsp3) is 0.429. The van der Waals surface area contributed by atoms with E-state index in [0.29, 0.717) is 11.5 Å². The van der Waals surface area contributed by atoms with Gasteiger partial charge in [-0.15, -0.1) is 0 Å². The zero-order valence-corrected chi connectivity index (χ0v) is 11.6. The molecule has 0 aliphatic heterocycles. The lowest BCUT2D eigenvalue weighted by atomic mass is 9.83. The van der Waals surface area contributed by atoms with Crippen LogP contribution < -0.4 is 4.72 Å². The van der Waals surface area contributed by atoms with Crippen LogP contribution in [0.5, 0.6) is 0 Å². The van der Waals surface area contributed by atoms with Gasteiger partial charge < -0.3 is 5.11 Å². The first-order valence-electron chi connectivity index (χ1n) is 6.23. The van der Waals surface area contributed by atoms with E-state index in [1.54, 1.807) is 18.2 Å². The van der Waals surface area contributed by atoms with Crippen molar-refractivity contribution in [1.82, 2.24) is 4.72 Å². The third-order valence-corrected chi connectivity index (χ3v) is 4.67. The number of hydrogen-bond donors (Lipinski definition) is 2. The van der Waals surface area contributed by atoms with Crippen LogP contribution in [0.25, 0.3) is 0 Å². The minimum atomic E-state index is -3.47. The Balaban J connectivity index is 2.15. The van der Waals surface area contributed by atoms with Crippen LogP contribution >= 0.6 is 0 Å². The average Bonchev–Trinajstić information content (AvgIpc) is 2.34. The first-order chi connectivity index (χ1) is 9.01. The van der Waals surface area contributed by atoms with Gasteiger partial charge in [-0.1, -0.05) is 24.8 Å². The molecule has 2 rings (SSSR count). The summed E-state index contributed by atoms with van der Waals surface area (Å²) in [7, 11) is -3.47. The lowest BCUT2D eigenvalue weighted by molar-refractivity contribution is 0.270. The number of rotatable bonds is 3. The van der Waals surface area contributed by atoms with Crippen LogP contribution in [-0.2, 0) is 10.0 Å². The fourth-order valence-electron chi connectivity index (χ4n) is 2.17. The van der Waals surface area contributed by atoms with Crippen molar-refractivity contribution in [3.8, 4) is 11.8 Å². The predicted octanol–water partition coefficient (Wildman–Crippen LogP) is 1.11. The van der Waals surface area contributed by atoms with E-state index in [1.807, 2.05) is 0 Å². The molecule has 0 heterocycles. The summed E-state index contributed by atoms with van der Waals surface area (Å²) in [5.41, 5.74) is 0.582. The smallest absolute Gasteiger partial charge is 0.240 e. The molecule has 2 N–H and O–H groups in total. The third kappa shape index (κ3) is 3.57. The molecular formula is C14H17NO3S. The lowest BCUT2D eigenvalue weighted by Gasteiger charge is -2.32. The molecule has 0 unspecified atom stereocenters. The Hall–Kier alpha value is -1.35. The van der Waals surface area contributed by atoms with E-state index in [2.05, 4.69) is 23.5 Å². The molecule has 0 aromatic heterocycles. The standard InChI is InChI=1S/C14H17NO3S/c1-11-8-13(9-11)15-19(17,18)14-6-2-4-12(10-14)5-3-7-16/h2,4,6,10-11,13,15-16H,7-9H2,1H3. The molecule has 0 amide bonds. The number of aliphatic hydroxyl groups is 1. The number of sulfonamides is 1. The van der Waals surface area contributed by atoms with E-state index in [9.17, 15) is 8.42 Å². The molecule has 0 saturated heterocycles. The van der Waals surface area contributed by atoms with Gasteiger partial charge in [0, 0.05) is 11.6 Å². The zero-order valence-electron chi connectivity index (χ0n) is 10.8. The second-order valence-electron chi connectivity index (χ2n) is 4.88. The van der Waals surface area contributed by atoms with Crippen LogP contribution in [0.15, 0.2) is 29.2 Å². The number of hydrogen-bond acceptors (Lipinski definition) is 3. The number of benzene rings is 1. The van der Waals surface area contributed by atoms with Crippen LogP contribution in [-0.4, -0.2) is 26.2 Å². The van der Waals surface area contributed by atoms with Crippen LogP contribution in [0.2, 0.25) is 0 Å². The van der Waals surface area contributed by atoms with E-state index in [4.69, 9.17) is 5.11 Å². The SMILES string of the molecule is CC1CC(NS(=O)(=O)c2cccc(C#CCO)c2)C1. The summed E-state index contributed by atoms with van der Waals surface area (Å²) in [6, 6.07) is 6.49. The topological polar surface area (TPSA) is 66.4 Å². The fourth-order valence-corrected chi connectivity index (χ4v) is 3.48. The van der Waals surface area contributed by atoms with Crippen LogP contribution in [0.1, 0.15) is 25.3 Å². The van der Waals surface area contributed by atoms with Crippen LogP contribution in [0.4, 0.5) is 0 Å². The summed E-state index contributed by atoms with van der Waals surface area (Å²) in [5, 5.41) is 8.64. The monoisotopic (exact) mass is 279 g/mol. The van der Waals surface area contributed by atoms with Gasteiger partial charge in [0.15, 0.2) is 0 Å². The second-order valence-corrected chi connectivity index (χ2v) is 6.60. The second kappa shape index (κ2) is 5.74. The molecule has 19 heavy (non-hydrogen) atoms. The molecule has 1 fully saturated rings. The van der Waals surface area contributed by atoms with Gasteiger partial charge in [0.05, 0.1) is 4.90 Å². The van der Waals surface area contributed by atoms with Gasteiger partial charge >= 0.3 is 0 Å². The lowest BCUT2D eigenvalue weighted by Crippen LogP contribution is -2.43. The Labute approximate surface area is 113 Å². The van der Waals surface area contributed by atoms with Crippen molar-refractivity contribution in [1.29, 1.82) is 0 Å². The highest BCUT2D eigenvalue weighted by atomic mass is 32.2. The number of nitrogens with one attached hydrogen (secondary N) is 1. The number of aliphatic hydroxyl groups excluding tert-OH is 1. The Bertz CT molecular complexity index is 607. The third-order valence-electron chi connectivity index (χ3n) is 3.15. The average molecular weight is 279 g/mol. The van der Waals surface area contributed by atoms with Crippen molar-refractivity contribution in [2.75, 3.05) is 6.61 Å². The molecule has 1 aromatic carbocycles. The summed E-state index contributed by atoms with van der Waals surface area (Å²) in [6.45, 7) is 1.87. The zero-order chi connectivity index (χ0) is 13.9. The van der Waals surface area contributed by atoms with Gasteiger partial charge in [0.25, 0.3) is 0 Å². The van der Waals surface area contributed by atoms with Gasteiger partial charge in [-0.2, -0.15) is 0 Å². The summed E-state index contributed by atoms with van der Waals surface area (Å²) in [4.78, 5) is 0.219. The van der Waals surface area contributed by atoms with Gasteiger partial charge in [0.2, 0.25) is 10.0 Å². The van der Waals surface area contributed by atoms with Gasteiger partial charge in [-0.3, -0.25) is 0 Å². The Morgan fingerprint density at radius 2 is 2.16 bits per heavy atom. The highest BCUT2D eigenvalue weighted by molar-refractivity contribution is 7.89. The predicted molar refractivity (Wildman–Crippen MR) is 72.9 cm³/mol. The quantitative estimate of drug-likeness (QED) is 0.815. The van der Waals surface area contributed by atoms with Crippen molar-refractivity contribution in [2.24, 2.45) is 5.92 Å². The molecule has 0 atom stereocenters. The molecule has 4 nitrogen and oxygen atoms in total. The van der Waals surface area contributed by atoms with Crippen LogP contribution in [0, 0.1) is 17.8 Å². The molecule has 102 valence electrons. The first-order valence-corrected chi connectivity index (χ1v) is 7.71. The van der Waals surface area contributed by atoms with E-state index in [1.165, 1.54) is 6.07 Å². The van der Waals surface area contributed by atoms with Crippen molar-refractivity contribution >= 4 is 10.0 Å². The maximum absolute atomic E-state index is 12.2. The highest BCUT2D eigenvalue weighted by Gasteiger charge is 2.29. The largest absolute Gasteiger partial charge is 0.384 e. The summed E-state index contributed by atoms with van der Waals surface area (Å²) >= 11 is 0. The van der Waals surface area contributed by atoms with Gasteiger partial charge in [-0.25, -0.2) is 13.1 Å². The van der Waals surface area contributed by atoms with E-state index < -0.39 is 10.0 Å². The molecule has 0 radical (unpaired) electrons. The maximum atomic E-state index is 12.2. The maximum Gasteiger partial charge on any atom is 0.240 e. The van der Waals surface area contributed by atoms with E-state index >= 15 is 0 Å². The van der Waals surface area contributed by atoms with Crippen molar-refractivity contribution in [3.05, 3.63) is 29.8 Å².